The number of carbonyl (C=O) groups is 3. The van der Waals surface area contributed by atoms with Crippen LogP contribution in [0.15, 0.2) is 46.5 Å². The van der Waals surface area contributed by atoms with Gasteiger partial charge in [-0.3, -0.25) is 14.6 Å². The van der Waals surface area contributed by atoms with E-state index in [1.54, 1.807) is 33.8 Å². The van der Waals surface area contributed by atoms with Crippen LogP contribution in [-0.2, 0) is 28.6 Å². The highest BCUT2D eigenvalue weighted by atomic mass is 19.1. The minimum atomic E-state index is -1.06. The Labute approximate surface area is 219 Å². The molecule has 204 valence electrons. The molecule has 0 heterocycles. The number of aryl methyl sites for hydroxylation is 1. The van der Waals surface area contributed by atoms with E-state index in [2.05, 4.69) is 17.0 Å². The summed E-state index contributed by atoms with van der Waals surface area (Å²) >= 11 is 0. The van der Waals surface area contributed by atoms with E-state index in [0.29, 0.717) is 0 Å². The molecular formula is C28H39FN2O6. The first-order chi connectivity index (χ1) is 17.3. The van der Waals surface area contributed by atoms with E-state index in [4.69, 9.17) is 14.2 Å². The molecule has 0 saturated heterocycles. The van der Waals surface area contributed by atoms with Crippen LogP contribution in [0, 0.1) is 24.6 Å². The molecule has 0 spiro atoms. The number of amides is 1. The van der Waals surface area contributed by atoms with Crippen LogP contribution in [0.3, 0.4) is 0 Å². The fraction of sp³-hybridized carbons (Fsp3) is 0.500. The first-order valence-corrected chi connectivity index (χ1v) is 12.2. The van der Waals surface area contributed by atoms with E-state index < -0.39 is 35.9 Å². The number of hydrogen-bond donors (Lipinski definition) is 1. The van der Waals surface area contributed by atoms with E-state index >= 15 is 0 Å². The third kappa shape index (κ3) is 8.55. The Morgan fingerprint density at radius 1 is 1.08 bits per heavy atom. The summed E-state index contributed by atoms with van der Waals surface area (Å²) in [6.45, 7) is 17.3. The zero-order valence-electron chi connectivity index (χ0n) is 23.2. The Morgan fingerprint density at radius 3 is 2.16 bits per heavy atom. The predicted molar refractivity (Wildman–Crippen MR) is 140 cm³/mol. The molecule has 9 heteroatoms. The molecule has 0 bridgehead atoms. The monoisotopic (exact) mass is 518 g/mol. The van der Waals surface area contributed by atoms with Crippen molar-refractivity contribution >= 4 is 24.6 Å². The molecular weight excluding hydrogens is 479 g/mol. The lowest BCUT2D eigenvalue weighted by molar-refractivity contribution is -0.153. The van der Waals surface area contributed by atoms with Crippen molar-refractivity contribution in [1.29, 1.82) is 0 Å². The molecule has 0 aliphatic carbocycles. The number of allylic oxidation sites excluding steroid dienone is 1. The zero-order valence-corrected chi connectivity index (χ0v) is 23.2. The maximum atomic E-state index is 13.6. The number of esters is 2. The summed E-state index contributed by atoms with van der Waals surface area (Å²) < 4.78 is 29.9. The number of benzene rings is 1. The van der Waals surface area contributed by atoms with Gasteiger partial charge in [0.15, 0.2) is 11.5 Å². The maximum Gasteiger partial charge on any atom is 0.328 e. The third-order valence-electron chi connectivity index (χ3n) is 5.79. The van der Waals surface area contributed by atoms with Gasteiger partial charge in [-0.2, -0.15) is 0 Å². The Balaban J connectivity index is 3.15. The van der Waals surface area contributed by atoms with Crippen LogP contribution < -0.4 is 5.32 Å². The number of nitrogens with zero attached hydrogens (tertiary/aromatic N) is 1. The standard InChI is InChI=1S/C28H39FN2O6/c1-11-22(35-10)25(37-27(33)16(4)5)24(30-9)26(32)31-18(7)28(34)36-19(8)23(15(2)3)21-13-12-20(29)14-17(21)6/h11-16,18-19,23H,9H2,1-8,10H3,(H,31,32)/b22-11+,25-24+/t18-,19-,23+/m0/s1. The van der Waals surface area contributed by atoms with E-state index in [1.807, 2.05) is 20.8 Å². The van der Waals surface area contributed by atoms with Gasteiger partial charge in [0.2, 0.25) is 5.76 Å². The van der Waals surface area contributed by atoms with Crippen LogP contribution in [0.25, 0.3) is 0 Å². The molecule has 0 aromatic heterocycles. The molecule has 0 unspecified atom stereocenters. The Hall–Kier alpha value is -3.49. The quantitative estimate of drug-likeness (QED) is 0.138. The van der Waals surface area contributed by atoms with Crippen LogP contribution in [0.4, 0.5) is 4.39 Å². The summed E-state index contributed by atoms with van der Waals surface area (Å²) in [5.74, 6) is -3.11. The summed E-state index contributed by atoms with van der Waals surface area (Å²) in [5.41, 5.74) is 1.32. The third-order valence-corrected chi connectivity index (χ3v) is 5.79. The first-order valence-electron chi connectivity index (χ1n) is 12.2. The van der Waals surface area contributed by atoms with Crippen LogP contribution in [0.2, 0.25) is 0 Å². The van der Waals surface area contributed by atoms with Crippen molar-refractivity contribution in [2.75, 3.05) is 7.11 Å². The number of aliphatic imine (C=N–C) groups is 1. The zero-order chi connectivity index (χ0) is 28.4. The van der Waals surface area contributed by atoms with Crippen LogP contribution >= 0.6 is 0 Å². The number of halogens is 1. The lowest BCUT2D eigenvalue weighted by atomic mass is 9.82. The summed E-state index contributed by atoms with van der Waals surface area (Å²) in [7, 11) is 1.35. The minimum absolute atomic E-state index is 0.0860. The molecule has 0 fully saturated rings. The van der Waals surface area contributed by atoms with Crippen molar-refractivity contribution in [1.82, 2.24) is 5.32 Å². The molecule has 1 aromatic carbocycles. The lowest BCUT2D eigenvalue weighted by Crippen LogP contribution is -2.42. The molecule has 8 nitrogen and oxygen atoms in total. The van der Waals surface area contributed by atoms with Crippen molar-refractivity contribution in [2.45, 2.75) is 73.5 Å². The van der Waals surface area contributed by atoms with Gasteiger partial charge in [-0.05, 0) is 69.7 Å². The van der Waals surface area contributed by atoms with Gasteiger partial charge in [-0.15, -0.1) is 0 Å². The van der Waals surface area contributed by atoms with Gasteiger partial charge in [0.1, 0.15) is 18.0 Å². The molecule has 1 N–H and O–H groups in total. The Bertz CT molecular complexity index is 1060. The van der Waals surface area contributed by atoms with Crippen molar-refractivity contribution in [3.05, 3.63) is 58.4 Å². The largest absolute Gasteiger partial charge is 0.493 e. The van der Waals surface area contributed by atoms with Crippen LogP contribution in [0.5, 0.6) is 0 Å². The Morgan fingerprint density at radius 2 is 1.70 bits per heavy atom. The first kappa shape index (κ1) is 31.5. The molecule has 3 atom stereocenters. The predicted octanol–water partition coefficient (Wildman–Crippen LogP) is 4.97. The number of methoxy groups -OCH3 is 1. The van der Waals surface area contributed by atoms with Gasteiger partial charge in [0, 0.05) is 5.92 Å². The van der Waals surface area contributed by atoms with Gasteiger partial charge in [-0.25, -0.2) is 9.18 Å². The highest BCUT2D eigenvalue weighted by Gasteiger charge is 2.31. The second kappa shape index (κ2) is 14.3. The average Bonchev–Trinajstić information content (AvgIpc) is 2.81. The van der Waals surface area contributed by atoms with Crippen molar-refractivity contribution in [3.63, 3.8) is 0 Å². The SMILES string of the molecule is C=N/C(C(=O)N[C@@H](C)C(=O)O[C@@H](C)[C@H](c1ccc(F)cc1C)C(C)C)=C(OC(=O)C(C)C)\C(=C/C)OC. The second-order valence-electron chi connectivity index (χ2n) is 9.38. The summed E-state index contributed by atoms with van der Waals surface area (Å²) in [5, 5.41) is 2.52. The number of nitrogens with one attached hydrogen (secondary N) is 1. The van der Waals surface area contributed by atoms with E-state index in [1.165, 1.54) is 32.2 Å². The summed E-state index contributed by atoms with van der Waals surface area (Å²) in [6.07, 6.45) is 0.943. The van der Waals surface area contributed by atoms with Crippen LogP contribution in [0.1, 0.15) is 65.5 Å². The summed E-state index contributed by atoms with van der Waals surface area (Å²) in [4.78, 5) is 41.9. The number of rotatable bonds is 12. The molecule has 1 rings (SSSR count). The molecule has 37 heavy (non-hydrogen) atoms. The molecule has 0 radical (unpaired) electrons. The topological polar surface area (TPSA) is 103 Å². The number of ether oxygens (including phenoxy) is 3. The Kier molecular flexibility index (Phi) is 12.2. The molecule has 0 aliphatic heterocycles. The second-order valence-corrected chi connectivity index (χ2v) is 9.38. The van der Waals surface area contributed by atoms with Crippen LogP contribution in [-0.4, -0.2) is 43.8 Å². The van der Waals surface area contributed by atoms with Crippen molar-refractivity contribution in [3.8, 4) is 0 Å². The van der Waals surface area contributed by atoms with Gasteiger partial charge in [0.05, 0.1) is 13.0 Å². The maximum absolute atomic E-state index is 13.6. The highest BCUT2D eigenvalue weighted by molar-refractivity contribution is 5.97. The molecule has 0 saturated carbocycles. The number of carbonyl (C=O) groups excluding carboxylic acids is 3. The normalized spacial score (nSPS) is 14.9. The minimum Gasteiger partial charge on any atom is -0.493 e. The average molecular weight is 519 g/mol. The van der Waals surface area contributed by atoms with Gasteiger partial charge in [-0.1, -0.05) is 33.8 Å². The molecule has 1 aromatic rings. The van der Waals surface area contributed by atoms with E-state index in [0.717, 1.165) is 11.1 Å². The van der Waals surface area contributed by atoms with E-state index in [-0.39, 0.29) is 34.9 Å². The molecule has 0 aliphatic rings. The van der Waals surface area contributed by atoms with Gasteiger partial charge >= 0.3 is 11.9 Å². The van der Waals surface area contributed by atoms with E-state index in [9.17, 15) is 18.8 Å². The van der Waals surface area contributed by atoms with Gasteiger partial charge in [0.25, 0.3) is 5.91 Å². The fourth-order valence-corrected chi connectivity index (χ4v) is 3.87. The van der Waals surface area contributed by atoms with Gasteiger partial charge < -0.3 is 19.5 Å². The highest BCUT2D eigenvalue weighted by Crippen LogP contribution is 2.32. The lowest BCUT2D eigenvalue weighted by Gasteiger charge is -2.30. The molecule has 1 amide bonds. The summed E-state index contributed by atoms with van der Waals surface area (Å²) in [6, 6.07) is 3.47. The number of hydrogen-bond acceptors (Lipinski definition) is 7. The van der Waals surface area contributed by atoms with Crippen molar-refractivity contribution < 1.29 is 33.0 Å². The smallest absolute Gasteiger partial charge is 0.328 e. The fourth-order valence-electron chi connectivity index (χ4n) is 3.87. The van der Waals surface area contributed by atoms with Crippen molar-refractivity contribution in [2.24, 2.45) is 16.8 Å².